The topological polar surface area (TPSA) is 90.5 Å². The molecule has 8 heteroatoms. The minimum absolute atomic E-state index is 0.0799. The number of rotatable bonds is 4. The maximum atomic E-state index is 12.6. The standard InChI is InChI=1S/C21H21N7O/c29-21(16-3-8-19(23-12-16)27-13-24-25-14-27)26-17-4-6-18(7-5-17)28-11-1-2-15-9-10-22-20(15)28/h1-3,8-14,17-18H,4-7H2,(H,26,29). The van der Waals surface area contributed by atoms with E-state index >= 15 is 0 Å². The van der Waals surface area contributed by atoms with Crippen LogP contribution in [-0.4, -0.2) is 41.2 Å². The Balaban J connectivity index is 1.20. The Bertz CT molecular complexity index is 1060. The SMILES string of the molecule is O=C(NC1CCC(n2cccc3ccnc2-3)CC1)c1ccc(-n2cnnc2)nc1. The number of nitrogens with one attached hydrogen (secondary N) is 1. The van der Waals surface area contributed by atoms with Crippen molar-refractivity contribution in [3.05, 3.63) is 67.1 Å². The van der Waals surface area contributed by atoms with Gasteiger partial charge in [0.1, 0.15) is 24.3 Å². The van der Waals surface area contributed by atoms with Crippen LogP contribution in [0.5, 0.6) is 0 Å². The molecule has 4 heterocycles. The van der Waals surface area contributed by atoms with Crippen molar-refractivity contribution in [2.24, 2.45) is 0 Å². The molecule has 0 bridgehead atoms. The van der Waals surface area contributed by atoms with E-state index in [0.29, 0.717) is 17.4 Å². The summed E-state index contributed by atoms with van der Waals surface area (Å²) in [4.78, 5) is 21.4. The summed E-state index contributed by atoms with van der Waals surface area (Å²) < 4.78 is 3.98. The van der Waals surface area contributed by atoms with Crippen molar-refractivity contribution in [2.75, 3.05) is 0 Å². The second-order valence-corrected chi connectivity index (χ2v) is 7.39. The number of amides is 1. The smallest absolute Gasteiger partial charge is 0.253 e. The van der Waals surface area contributed by atoms with Crippen LogP contribution in [0.2, 0.25) is 0 Å². The number of hydrogen-bond donors (Lipinski definition) is 1. The van der Waals surface area contributed by atoms with Gasteiger partial charge in [-0.3, -0.25) is 9.36 Å². The molecule has 1 amide bonds. The van der Waals surface area contributed by atoms with Crippen LogP contribution < -0.4 is 5.32 Å². The van der Waals surface area contributed by atoms with Gasteiger partial charge in [-0.25, -0.2) is 9.97 Å². The third kappa shape index (κ3) is 3.49. The summed E-state index contributed by atoms with van der Waals surface area (Å²) in [5.74, 6) is 1.64. The summed E-state index contributed by atoms with van der Waals surface area (Å²) >= 11 is 0. The average Bonchev–Trinajstić information content (AvgIpc) is 3.46. The molecule has 0 atom stereocenters. The van der Waals surface area contributed by atoms with Gasteiger partial charge >= 0.3 is 0 Å². The number of hydrogen-bond acceptors (Lipinski definition) is 5. The fourth-order valence-corrected chi connectivity index (χ4v) is 4.05. The summed E-state index contributed by atoms with van der Waals surface area (Å²) in [6, 6.07) is 10.4. The summed E-state index contributed by atoms with van der Waals surface area (Å²) in [5.41, 5.74) is 1.73. The van der Waals surface area contributed by atoms with Crippen LogP contribution in [0.15, 0.2) is 61.6 Å². The Labute approximate surface area is 168 Å². The minimum Gasteiger partial charge on any atom is -0.349 e. The highest BCUT2D eigenvalue weighted by molar-refractivity contribution is 5.94. The van der Waals surface area contributed by atoms with Gasteiger partial charge in [0.25, 0.3) is 5.91 Å². The van der Waals surface area contributed by atoms with Crippen LogP contribution in [0.3, 0.4) is 0 Å². The lowest BCUT2D eigenvalue weighted by Crippen LogP contribution is -2.38. The van der Waals surface area contributed by atoms with E-state index in [1.54, 1.807) is 35.6 Å². The summed E-state index contributed by atoms with van der Waals surface area (Å²) in [6.45, 7) is 0. The molecular formula is C21H21N7O. The average molecular weight is 387 g/mol. The highest BCUT2D eigenvalue weighted by atomic mass is 16.1. The Morgan fingerprint density at radius 1 is 1.00 bits per heavy atom. The molecule has 1 N–H and O–H groups in total. The summed E-state index contributed by atoms with van der Waals surface area (Å²) in [7, 11) is 0. The van der Waals surface area contributed by atoms with Crippen LogP contribution in [0.4, 0.5) is 0 Å². The third-order valence-electron chi connectivity index (χ3n) is 5.59. The molecule has 0 spiro atoms. The maximum Gasteiger partial charge on any atom is 0.253 e. The number of pyridine rings is 2. The molecule has 8 nitrogen and oxygen atoms in total. The fourth-order valence-electron chi connectivity index (χ4n) is 4.05. The zero-order chi connectivity index (χ0) is 19.6. The molecule has 0 aromatic carbocycles. The second-order valence-electron chi connectivity index (χ2n) is 7.39. The molecule has 1 fully saturated rings. The van der Waals surface area contributed by atoms with E-state index in [0.717, 1.165) is 31.5 Å². The van der Waals surface area contributed by atoms with E-state index in [9.17, 15) is 4.79 Å². The predicted molar refractivity (Wildman–Crippen MR) is 107 cm³/mol. The first-order valence-electron chi connectivity index (χ1n) is 9.81. The fraction of sp³-hybridized carbons (Fsp3) is 0.286. The molecule has 146 valence electrons. The first-order chi connectivity index (χ1) is 14.3. The largest absolute Gasteiger partial charge is 0.349 e. The molecular weight excluding hydrogens is 366 g/mol. The van der Waals surface area contributed by atoms with Crippen LogP contribution in [0.25, 0.3) is 17.2 Å². The molecule has 1 aliphatic carbocycles. The highest BCUT2D eigenvalue weighted by Gasteiger charge is 2.25. The number of carbonyl (C=O) groups is 1. The van der Waals surface area contributed by atoms with Gasteiger partial charge < -0.3 is 9.88 Å². The lowest BCUT2D eigenvalue weighted by Gasteiger charge is -2.31. The lowest BCUT2D eigenvalue weighted by molar-refractivity contribution is 0.0922. The molecule has 29 heavy (non-hydrogen) atoms. The van der Waals surface area contributed by atoms with Gasteiger partial charge in [0.15, 0.2) is 0 Å². The Hall–Kier alpha value is -3.55. The van der Waals surface area contributed by atoms with Crippen LogP contribution in [0.1, 0.15) is 42.1 Å². The molecule has 0 radical (unpaired) electrons. The van der Waals surface area contributed by atoms with E-state index in [1.807, 2.05) is 12.3 Å². The van der Waals surface area contributed by atoms with E-state index in [1.165, 1.54) is 5.56 Å². The molecule has 0 unspecified atom stereocenters. The molecule has 1 saturated carbocycles. The molecule has 3 aliphatic rings. The first-order valence-corrected chi connectivity index (χ1v) is 9.81. The number of fused-ring (bicyclic) bond motifs is 1. The zero-order valence-electron chi connectivity index (χ0n) is 15.8. The van der Waals surface area contributed by atoms with Crippen molar-refractivity contribution in [3.63, 3.8) is 0 Å². The van der Waals surface area contributed by atoms with Crippen LogP contribution >= 0.6 is 0 Å². The van der Waals surface area contributed by atoms with Gasteiger partial charge in [-0.2, -0.15) is 0 Å². The van der Waals surface area contributed by atoms with Gasteiger partial charge in [-0.05, 0) is 56.0 Å². The molecule has 2 aliphatic heterocycles. The summed E-state index contributed by atoms with van der Waals surface area (Å²) in [5, 5.41) is 10.7. The van der Waals surface area contributed by atoms with E-state index in [2.05, 4.69) is 48.4 Å². The monoisotopic (exact) mass is 387 g/mol. The van der Waals surface area contributed by atoms with E-state index in [-0.39, 0.29) is 11.9 Å². The Kier molecular flexibility index (Phi) is 4.51. The maximum absolute atomic E-state index is 12.6. The Morgan fingerprint density at radius 3 is 2.59 bits per heavy atom. The van der Waals surface area contributed by atoms with Gasteiger partial charge in [0, 0.05) is 36.2 Å². The van der Waals surface area contributed by atoms with Crippen molar-refractivity contribution in [2.45, 2.75) is 37.8 Å². The van der Waals surface area contributed by atoms with Crippen molar-refractivity contribution in [3.8, 4) is 17.2 Å². The van der Waals surface area contributed by atoms with Crippen molar-refractivity contribution in [1.29, 1.82) is 0 Å². The summed E-state index contributed by atoms with van der Waals surface area (Å²) in [6.07, 6.45) is 12.7. The number of carbonyl (C=O) groups excluding carboxylic acids is 1. The van der Waals surface area contributed by atoms with Crippen LogP contribution in [-0.2, 0) is 0 Å². The first kappa shape index (κ1) is 17.5. The lowest BCUT2D eigenvalue weighted by atomic mass is 9.90. The quantitative estimate of drug-likeness (QED) is 0.581. The van der Waals surface area contributed by atoms with Gasteiger partial charge in [-0.15, -0.1) is 10.2 Å². The highest BCUT2D eigenvalue weighted by Crippen LogP contribution is 2.32. The van der Waals surface area contributed by atoms with Crippen molar-refractivity contribution < 1.29 is 4.79 Å². The zero-order valence-corrected chi connectivity index (χ0v) is 15.8. The van der Waals surface area contributed by atoms with Gasteiger partial charge in [0.2, 0.25) is 0 Å². The molecule has 5 rings (SSSR count). The molecule has 0 saturated heterocycles. The molecule has 2 aromatic rings. The van der Waals surface area contributed by atoms with E-state index in [4.69, 9.17) is 0 Å². The van der Waals surface area contributed by atoms with Crippen molar-refractivity contribution in [1.82, 2.24) is 34.6 Å². The molecule has 2 aromatic heterocycles. The third-order valence-corrected chi connectivity index (χ3v) is 5.59. The van der Waals surface area contributed by atoms with Gasteiger partial charge in [0.05, 0.1) is 5.56 Å². The van der Waals surface area contributed by atoms with Crippen molar-refractivity contribution >= 4 is 5.91 Å². The van der Waals surface area contributed by atoms with Crippen LogP contribution in [0, 0.1) is 0 Å². The van der Waals surface area contributed by atoms with Gasteiger partial charge in [-0.1, -0.05) is 0 Å². The number of aromatic nitrogens is 6. The minimum atomic E-state index is -0.0799. The number of nitrogens with zero attached hydrogens (tertiary/aromatic N) is 6. The van der Waals surface area contributed by atoms with E-state index < -0.39 is 0 Å². The Morgan fingerprint density at radius 2 is 1.83 bits per heavy atom. The predicted octanol–water partition coefficient (Wildman–Crippen LogP) is 2.88. The second kappa shape index (κ2) is 7.46. The normalized spacial score (nSPS) is 19.3.